The van der Waals surface area contributed by atoms with Gasteiger partial charge < -0.3 is 14.3 Å². The molecule has 0 aliphatic carbocycles. The van der Waals surface area contributed by atoms with Crippen LogP contribution in [-0.2, 0) is 26.0 Å². The lowest BCUT2D eigenvalue weighted by Crippen LogP contribution is -2.44. The first kappa shape index (κ1) is 31.7. The van der Waals surface area contributed by atoms with Gasteiger partial charge in [0.2, 0.25) is 15.9 Å². The summed E-state index contributed by atoms with van der Waals surface area (Å²) in [6, 6.07) is -0.369. The van der Waals surface area contributed by atoms with E-state index >= 15 is 0 Å². The van der Waals surface area contributed by atoms with Crippen LogP contribution < -0.4 is 4.72 Å². The summed E-state index contributed by atoms with van der Waals surface area (Å²) in [6.45, 7) is 4.35. The van der Waals surface area contributed by atoms with E-state index < -0.39 is 66.7 Å². The molecule has 3 aromatic rings. The summed E-state index contributed by atoms with van der Waals surface area (Å²) in [6.07, 6.45) is -5.41. The lowest BCUT2D eigenvalue weighted by Gasteiger charge is -2.20. The second kappa shape index (κ2) is 11.6. The van der Waals surface area contributed by atoms with E-state index in [1.165, 1.54) is 7.11 Å². The van der Waals surface area contributed by atoms with Crippen LogP contribution in [0.5, 0.6) is 0 Å². The van der Waals surface area contributed by atoms with Gasteiger partial charge in [-0.05, 0) is 26.3 Å². The molecule has 11 nitrogen and oxygen atoms in total. The number of carbonyl (C=O) groups excluding carboxylic acids is 1. The fourth-order valence-corrected chi connectivity index (χ4v) is 6.66. The number of hydrogen-bond donors (Lipinski definition) is 2. The molecule has 3 rings (SSSR count). The smallest absolute Gasteiger partial charge is 0.404 e. The van der Waals surface area contributed by atoms with Gasteiger partial charge >= 0.3 is 18.1 Å². The monoisotopic (exact) mass is 644 g/mol. The number of aromatic carboxylic acids is 1. The molecule has 0 radical (unpaired) electrons. The largest absolute Gasteiger partial charge is 0.476 e. The van der Waals surface area contributed by atoms with Gasteiger partial charge in [0.05, 0.1) is 27.4 Å². The molecule has 0 saturated heterocycles. The van der Waals surface area contributed by atoms with Crippen molar-refractivity contribution in [1.29, 1.82) is 0 Å². The summed E-state index contributed by atoms with van der Waals surface area (Å²) in [5, 5.41) is 16.3. The molecule has 18 heteroatoms. The first-order chi connectivity index (χ1) is 18.4. The van der Waals surface area contributed by atoms with E-state index in [9.17, 15) is 36.3 Å². The van der Waals surface area contributed by atoms with Crippen molar-refractivity contribution in [3.8, 4) is 21.3 Å². The molecule has 218 valence electrons. The number of methoxy groups -OCH3 is 1. The molecule has 0 saturated carbocycles. The van der Waals surface area contributed by atoms with Crippen molar-refractivity contribution in [3.63, 3.8) is 0 Å². The Hall–Kier alpha value is -2.79. The van der Waals surface area contributed by atoms with E-state index in [2.05, 4.69) is 15.2 Å². The molecule has 1 atom stereocenters. The van der Waals surface area contributed by atoms with E-state index in [4.69, 9.17) is 32.4 Å². The number of aromatic nitrogens is 3. The first-order valence-corrected chi connectivity index (χ1v) is 14.2. The molecule has 2 aromatic heterocycles. The number of carboxylic acids is 1. The van der Waals surface area contributed by atoms with Gasteiger partial charge in [0.15, 0.2) is 10.7 Å². The standard InChI is InChI=1S/C22H21Cl2F3N4O7S2/c1-5-11(22(25,26)27)31-40(35,36)10-7-6-9(13(23)14(10)24)16-15(19(32)33)28-18(39-16)17-30-29-12(38-17)8-21(2,3)20(34)37-4/h6-7,11,31H,5,8H2,1-4H3,(H,32,33). The summed E-state index contributed by atoms with van der Waals surface area (Å²) in [5.41, 5.74) is -1.57. The molecule has 2 heterocycles. The lowest BCUT2D eigenvalue weighted by molar-refractivity contribution is -0.152. The van der Waals surface area contributed by atoms with Crippen LogP contribution in [-0.4, -0.2) is 60.0 Å². The van der Waals surface area contributed by atoms with Crippen molar-refractivity contribution in [2.75, 3.05) is 7.11 Å². The van der Waals surface area contributed by atoms with Gasteiger partial charge in [-0.1, -0.05) is 36.2 Å². The summed E-state index contributed by atoms with van der Waals surface area (Å²) < 4.78 is 76.7. The normalized spacial score (nSPS) is 13.3. The molecule has 40 heavy (non-hydrogen) atoms. The Morgan fingerprint density at radius 3 is 2.40 bits per heavy atom. The molecule has 1 aromatic carbocycles. The van der Waals surface area contributed by atoms with Gasteiger partial charge in [-0.2, -0.15) is 17.9 Å². The van der Waals surface area contributed by atoms with Gasteiger partial charge in [-0.15, -0.1) is 21.5 Å². The van der Waals surface area contributed by atoms with Crippen LogP contribution >= 0.6 is 34.5 Å². The number of nitrogens with one attached hydrogen (secondary N) is 1. The third-order valence-electron chi connectivity index (χ3n) is 5.49. The Morgan fingerprint density at radius 2 is 1.85 bits per heavy atom. The zero-order valence-electron chi connectivity index (χ0n) is 21.1. The van der Waals surface area contributed by atoms with Gasteiger partial charge in [-0.3, -0.25) is 4.79 Å². The molecular weight excluding hydrogens is 624 g/mol. The molecule has 0 bridgehead atoms. The second-order valence-electron chi connectivity index (χ2n) is 8.92. The molecule has 0 amide bonds. The minimum atomic E-state index is -4.85. The van der Waals surface area contributed by atoms with E-state index in [-0.39, 0.29) is 33.7 Å². The summed E-state index contributed by atoms with van der Waals surface area (Å²) in [4.78, 5) is 27.1. The Labute approximate surface area is 239 Å². The third-order valence-corrected chi connectivity index (χ3v) is 9.08. The zero-order chi connectivity index (χ0) is 30.2. The number of ether oxygens (including phenoxy) is 1. The minimum Gasteiger partial charge on any atom is -0.476 e. The SMILES string of the molecule is CCC(NS(=O)(=O)c1ccc(-c2sc(-c3nnc(CC(C)(C)C(=O)OC)o3)nc2C(=O)O)c(Cl)c1Cl)C(F)(F)F. The average molecular weight is 645 g/mol. The van der Waals surface area contributed by atoms with E-state index in [0.29, 0.717) is 0 Å². The second-order valence-corrected chi connectivity index (χ2v) is 12.4. The molecule has 0 aliphatic heterocycles. The highest BCUT2D eigenvalue weighted by Gasteiger charge is 2.41. The summed E-state index contributed by atoms with van der Waals surface area (Å²) in [7, 11) is -3.54. The van der Waals surface area contributed by atoms with Crippen LogP contribution in [0.1, 0.15) is 43.6 Å². The quantitative estimate of drug-likeness (QED) is 0.280. The number of esters is 1. The summed E-state index contributed by atoms with van der Waals surface area (Å²) in [5.74, 6) is -2.12. The molecule has 0 fully saturated rings. The fraction of sp³-hybridized carbons (Fsp3) is 0.409. The number of rotatable bonds is 10. The Balaban J connectivity index is 2.02. The van der Waals surface area contributed by atoms with Crippen molar-refractivity contribution in [2.45, 2.75) is 50.7 Å². The Morgan fingerprint density at radius 1 is 1.20 bits per heavy atom. The molecule has 1 unspecified atom stereocenters. The lowest BCUT2D eigenvalue weighted by atomic mass is 9.89. The summed E-state index contributed by atoms with van der Waals surface area (Å²) >= 11 is 13.2. The van der Waals surface area contributed by atoms with Crippen molar-refractivity contribution in [1.82, 2.24) is 19.9 Å². The number of nitrogens with zero attached hydrogens (tertiary/aromatic N) is 3. The van der Waals surface area contributed by atoms with Crippen molar-refractivity contribution in [3.05, 3.63) is 33.8 Å². The first-order valence-electron chi connectivity index (χ1n) is 11.2. The van der Waals surface area contributed by atoms with Crippen LogP contribution in [0, 0.1) is 5.41 Å². The number of alkyl halides is 3. The van der Waals surface area contributed by atoms with Crippen molar-refractivity contribution in [2.24, 2.45) is 5.41 Å². The minimum absolute atomic E-state index is 0.00925. The van der Waals surface area contributed by atoms with Crippen LogP contribution in [0.15, 0.2) is 21.4 Å². The average Bonchev–Trinajstić information content (AvgIpc) is 3.49. The number of sulfonamides is 1. The number of carboxylic acid groups (broad SMARTS) is 1. The van der Waals surface area contributed by atoms with E-state index in [1.54, 1.807) is 18.6 Å². The maximum absolute atomic E-state index is 13.1. The van der Waals surface area contributed by atoms with Crippen molar-refractivity contribution >= 4 is 56.5 Å². The van der Waals surface area contributed by atoms with Crippen LogP contribution in [0.4, 0.5) is 13.2 Å². The zero-order valence-corrected chi connectivity index (χ0v) is 24.2. The maximum atomic E-state index is 13.1. The van der Waals surface area contributed by atoms with E-state index in [0.717, 1.165) is 30.4 Å². The van der Waals surface area contributed by atoms with Crippen molar-refractivity contribution < 1.29 is 45.4 Å². The van der Waals surface area contributed by atoms with Crippen LogP contribution in [0.2, 0.25) is 10.0 Å². The number of thiazole rings is 1. The third kappa shape index (κ3) is 6.57. The molecular formula is C22H21Cl2F3N4O7S2. The van der Waals surface area contributed by atoms with E-state index in [1.807, 2.05) is 0 Å². The van der Waals surface area contributed by atoms with Crippen LogP contribution in [0.25, 0.3) is 21.3 Å². The van der Waals surface area contributed by atoms with Crippen LogP contribution in [0.3, 0.4) is 0 Å². The van der Waals surface area contributed by atoms with Gasteiger partial charge in [0.25, 0.3) is 5.89 Å². The predicted molar refractivity (Wildman–Crippen MR) is 138 cm³/mol. The van der Waals surface area contributed by atoms with Gasteiger partial charge in [0.1, 0.15) is 10.9 Å². The molecule has 0 spiro atoms. The maximum Gasteiger partial charge on any atom is 0.404 e. The van der Waals surface area contributed by atoms with Gasteiger partial charge in [0, 0.05) is 12.0 Å². The highest BCUT2D eigenvalue weighted by Crippen LogP contribution is 2.43. The Bertz CT molecular complexity index is 1560. The Kier molecular flexibility index (Phi) is 9.20. The highest BCUT2D eigenvalue weighted by atomic mass is 35.5. The fourth-order valence-electron chi connectivity index (χ4n) is 3.42. The number of carbonyl (C=O) groups is 2. The number of hydrogen-bond acceptors (Lipinski definition) is 10. The number of halogens is 5. The topological polar surface area (TPSA) is 162 Å². The van der Waals surface area contributed by atoms with Gasteiger partial charge in [-0.25, -0.2) is 18.2 Å². The number of benzene rings is 1. The highest BCUT2D eigenvalue weighted by molar-refractivity contribution is 7.89. The molecule has 0 aliphatic rings. The predicted octanol–water partition coefficient (Wildman–Crippen LogP) is 5.23. The molecule has 2 N–H and O–H groups in total.